The van der Waals surface area contributed by atoms with E-state index >= 15 is 0 Å². The molecular formula is C22H29N3O3. The Kier molecular flexibility index (Phi) is 7.70. The number of hydrogen-bond acceptors (Lipinski definition) is 4. The summed E-state index contributed by atoms with van der Waals surface area (Å²) in [5.74, 6) is 0.808. The summed E-state index contributed by atoms with van der Waals surface area (Å²) < 4.78 is 11.0. The number of nitrogens with zero attached hydrogens (tertiary/aromatic N) is 2. The second kappa shape index (κ2) is 10.7. The third-order valence-electron chi connectivity index (χ3n) is 4.86. The highest BCUT2D eigenvalue weighted by atomic mass is 16.5. The molecule has 0 saturated carbocycles. The summed E-state index contributed by atoms with van der Waals surface area (Å²) in [6.45, 7) is 5.94. The molecule has 0 bridgehead atoms. The van der Waals surface area contributed by atoms with Crippen LogP contribution in [0.2, 0.25) is 0 Å². The normalized spacial score (nSPS) is 14.7. The Morgan fingerprint density at radius 2 is 1.75 bits per heavy atom. The Morgan fingerprint density at radius 3 is 2.50 bits per heavy atom. The van der Waals surface area contributed by atoms with Gasteiger partial charge in [0.1, 0.15) is 12.4 Å². The van der Waals surface area contributed by atoms with E-state index in [2.05, 4.69) is 10.2 Å². The molecule has 0 unspecified atom stereocenters. The number of amides is 2. The molecule has 1 heterocycles. The summed E-state index contributed by atoms with van der Waals surface area (Å²) in [4.78, 5) is 16.6. The molecule has 1 fully saturated rings. The lowest BCUT2D eigenvalue weighted by atomic mass is 10.2. The zero-order chi connectivity index (χ0) is 19.6. The third kappa shape index (κ3) is 6.25. The van der Waals surface area contributed by atoms with Crippen LogP contribution in [0.3, 0.4) is 0 Å². The van der Waals surface area contributed by atoms with E-state index in [4.69, 9.17) is 9.47 Å². The third-order valence-corrected chi connectivity index (χ3v) is 4.86. The maximum absolute atomic E-state index is 12.4. The number of nitrogens with one attached hydrogen (secondary N) is 1. The molecule has 3 rings (SSSR count). The van der Waals surface area contributed by atoms with Crippen molar-refractivity contribution in [2.45, 2.75) is 13.2 Å². The fourth-order valence-electron chi connectivity index (χ4n) is 3.17. The van der Waals surface area contributed by atoms with Crippen LogP contribution in [0.5, 0.6) is 5.75 Å². The average molecular weight is 383 g/mol. The van der Waals surface area contributed by atoms with Gasteiger partial charge in [-0.3, -0.25) is 4.90 Å². The smallest absolute Gasteiger partial charge is 0.317 e. The predicted molar refractivity (Wildman–Crippen MR) is 109 cm³/mol. The molecule has 0 radical (unpaired) electrons. The van der Waals surface area contributed by atoms with Crippen molar-refractivity contribution in [2.75, 3.05) is 46.4 Å². The van der Waals surface area contributed by atoms with Crippen molar-refractivity contribution in [2.24, 2.45) is 0 Å². The van der Waals surface area contributed by atoms with Crippen molar-refractivity contribution >= 4 is 6.03 Å². The number of ether oxygens (including phenoxy) is 2. The van der Waals surface area contributed by atoms with Crippen molar-refractivity contribution in [1.29, 1.82) is 0 Å². The summed E-state index contributed by atoms with van der Waals surface area (Å²) in [6.07, 6.45) is 0. The number of methoxy groups -OCH3 is 1. The molecule has 0 spiro atoms. The Balaban J connectivity index is 1.42. The number of hydrogen-bond donors (Lipinski definition) is 1. The molecule has 6 heteroatoms. The van der Waals surface area contributed by atoms with E-state index in [9.17, 15) is 4.79 Å². The van der Waals surface area contributed by atoms with Gasteiger partial charge in [-0.05, 0) is 23.3 Å². The number of benzene rings is 2. The summed E-state index contributed by atoms with van der Waals surface area (Å²) in [6, 6.07) is 17.9. The van der Waals surface area contributed by atoms with Gasteiger partial charge in [0.2, 0.25) is 0 Å². The Bertz CT molecular complexity index is 731. The van der Waals surface area contributed by atoms with Crippen LogP contribution in [0.15, 0.2) is 54.6 Å². The average Bonchev–Trinajstić information content (AvgIpc) is 2.76. The van der Waals surface area contributed by atoms with Crippen molar-refractivity contribution in [3.05, 3.63) is 65.7 Å². The number of carbonyl (C=O) groups excluding carboxylic acids is 1. The van der Waals surface area contributed by atoms with Crippen LogP contribution in [-0.2, 0) is 17.9 Å². The van der Waals surface area contributed by atoms with E-state index in [-0.39, 0.29) is 6.03 Å². The zero-order valence-corrected chi connectivity index (χ0v) is 16.5. The molecule has 1 N–H and O–H groups in total. The minimum Gasteiger partial charge on any atom is -0.489 e. The van der Waals surface area contributed by atoms with Crippen LogP contribution < -0.4 is 10.1 Å². The quantitative estimate of drug-likeness (QED) is 0.762. The summed E-state index contributed by atoms with van der Waals surface area (Å²) in [7, 11) is 1.71. The molecule has 2 amide bonds. The van der Waals surface area contributed by atoms with Crippen LogP contribution >= 0.6 is 0 Å². The molecule has 1 aliphatic rings. The fourth-order valence-corrected chi connectivity index (χ4v) is 3.17. The predicted octanol–water partition coefficient (Wildman–Crippen LogP) is 2.74. The van der Waals surface area contributed by atoms with Crippen molar-refractivity contribution in [3.8, 4) is 5.75 Å². The number of urea groups is 1. The summed E-state index contributed by atoms with van der Waals surface area (Å²) >= 11 is 0. The minimum atomic E-state index is -0.0120. The molecule has 28 heavy (non-hydrogen) atoms. The second-order valence-electron chi connectivity index (χ2n) is 6.90. The molecule has 1 saturated heterocycles. The monoisotopic (exact) mass is 383 g/mol. The Hall–Kier alpha value is -2.57. The molecule has 1 aliphatic heterocycles. The van der Waals surface area contributed by atoms with E-state index in [0.29, 0.717) is 13.2 Å². The van der Waals surface area contributed by atoms with E-state index in [1.54, 1.807) is 7.11 Å². The van der Waals surface area contributed by atoms with Crippen molar-refractivity contribution in [1.82, 2.24) is 15.1 Å². The molecule has 2 aromatic rings. The van der Waals surface area contributed by atoms with Crippen LogP contribution in [0.25, 0.3) is 0 Å². The maximum Gasteiger partial charge on any atom is 0.317 e. The zero-order valence-electron chi connectivity index (χ0n) is 16.5. The first-order chi connectivity index (χ1) is 13.7. The fraction of sp³-hybridized carbons (Fsp3) is 0.409. The van der Waals surface area contributed by atoms with Crippen molar-refractivity contribution in [3.63, 3.8) is 0 Å². The van der Waals surface area contributed by atoms with Gasteiger partial charge in [-0.2, -0.15) is 0 Å². The van der Waals surface area contributed by atoms with Gasteiger partial charge in [0.15, 0.2) is 0 Å². The molecule has 0 aromatic heterocycles. The summed E-state index contributed by atoms with van der Waals surface area (Å²) in [5.41, 5.74) is 2.16. The SMILES string of the molecule is COCCN1CCN(C(=O)NCc2cccc(OCc3ccccc3)c2)CC1. The highest BCUT2D eigenvalue weighted by Crippen LogP contribution is 2.15. The first-order valence-corrected chi connectivity index (χ1v) is 9.74. The van der Waals surface area contributed by atoms with Crippen LogP contribution in [0.4, 0.5) is 4.79 Å². The van der Waals surface area contributed by atoms with Crippen LogP contribution in [0.1, 0.15) is 11.1 Å². The van der Waals surface area contributed by atoms with Gasteiger partial charge in [0.05, 0.1) is 6.61 Å². The van der Waals surface area contributed by atoms with Gasteiger partial charge < -0.3 is 19.7 Å². The second-order valence-corrected chi connectivity index (χ2v) is 6.90. The molecule has 2 aromatic carbocycles. The van der Waals surface area contributed by atoms with E-state index in [0.717, 1.165) is 56.2 Å². The van der Waals surface area contributed by atoms with Gasteiger partial charge >= 0.3 is 6.03 Å². The van der Waals surface area contributed by atoms with E-state index in [1.807, 2.05) is 59.5 Å². The molecule has 0 aliphatic carbocycles. The van der Waals surface area contributed by atoms with Crippen molar-refractivity contribution < 1.29 is 14.3 Å². The molecule has 0 atom stereocenters. The lowest BCUT2D eigenvalue weighted by Crippen LogP contribution is -2.52. The lowest BCUT2D eigenvalue weighted by molar-refractivity contribution is 0.106. The first-order valence-electron chi connectivity index (χ1n) is 9.74. The first kappa shape index (κ1) is 20.2. The van der Waals surface area contributed by atoms with E-state index < -0.39 is 0 Å². The molecular weight excluding hydrogens is 354 g/mol. The standard InChI is InChI=1S/C22H29N3O3/c1-27-15-14-24-10-12-25(13-11-24)22(26)23-17-20-8-5-9-21(16-20)28-18-19-6-3-2-4-7-19/h2-9,16H,10-15,17-18H2,1H3,(H,23,26). The van der Waals surface area contributed by atoms with Gasteiger partial charge in [-0.15, -0.1) is 0 Å². The van der Waals surface area contributed by atoms with Gasteiger partial charge in [0.25, 0.3) is 0 Å². The van der Waals surface area contributed by atoms with E-state index in [1.165, 1.54) is 0 Å². The van der Waals surface area contributed by atoms with Crippen LogP contribution in [-0.4, -0.2) is 62.3 Å². The highest BCUT2D eigenvalue weighted by molar-refractivity contribution is 5.74. The highest BCUT2D eigenvalue weighted by Gasteiger charge is 2.20. The minimum absolute atomic E-state index is 0.0120. The lowest BCUT2D eigenvalue weighted by Gasteiger charge is -2.34. The Morgan fingerprint density at radius 1 is 1.00 bits per heavy atom. The Labute approximate surface area is 167 Å². The van der Waals surface area contributed by atoms with Gasteiger partial charge in [-0.1, -0.05) is 42.5 Å². The summed E-state index contributed by atoms with van der Waals surface area (Å²) in [5, 5.41) is 3.02. The van der Waals surface area contributed by atoms with Crippen LogP contribution in [0, 0.1) is 0 Å². The van der Waals surface area contributed by atoms with Gasteiger partial charge in [-0.25, -0.2) is 4.79 Å². The number of carbonyl (C=O) groups is 1. The number of piperazine rings is 1. The topological polar surface area (TPSA) is 54.0 Å². The molecule has 6 nitrogen and oxygen atoms in total. The largest absolute Gasteiger partial charge is 0.489 e. The number of rotatable bonds is 8. The van der Waals surface area contributed by atoms with Gasteiger partial charge in [0, 0.05) is 46.4 Å². The maximum atomic E-state index is 12.4. The molecule has 150 valence electrons.